The topological polar surface area (TPSA) is 43.2 Å². The molecule has 0 saturated heterocycles. The van der Waals surface area contributed by atoms with Crippen molar-refractivity contribution in [3.8, 4) is 11.3 Å². The van der Waals surface area contributed by atoms with Crippen LogP contribution in [0.2, 0.25) is 10.0 Å². The molecule has 0 fully saturated rings. The average Bonchev–Trinajstić information content (AvgIpc) is 2.91. The molecule has 1 aromatic carbocycles. The number of hydrogen-bond donors (Lipinski definition) is 0. The lowest BCUT2D eigenvalue weighted by molar-refractivity contribution is 0.205. The van der Waals surface area contributed by atoms with Gasteiger partial charge in [0.05, 0.1) is 17.3 Å². The average molecular weight is 393 g/mol. The Balaban J connectivity index is 2.23. The van der Waals surface area contributed by atoms with Gasteiger partial charge in [-0.05, 0) is 38.1 Å². The Morgan fingerprint density at radius 3 is 2.65 bits per heavy atom. The molecule has 0 aliphatic carbocycles. The normalized spacial score (nSPS) is 11.3. The van der Waals surface area contributed by atoms with Crippen LogP contribution in [0.5, 0.6) is 0 Å². The van der Waals surface area contributed by atoms with E-state index in [0.717, 1.165) is 46.8 Å². The molecular formula is C19H22Cl2N4O. The quantitative estimate of drug-likeness (QED) is 0.608. The van der Waals surface area contributed by atoms with E-state index in [4.69, 9.17) is 38.0 Å². The molecule has 26 heavy (non-hydrogen) atoms. The van der Waals surface area contributed by atoms with E-state index in [-0.39, 0.29) is 0 Å². The minimum absolute atomic E-state index is 0.564. The molecule has 0 saturated carbocycles. The van der Waals surface area contributed by atoms with Gasteiger partial charge in [0.25, 0.3) is 0 Å². The molecule has 0 N–H and O–H groups in total. The Labute approximate surface area is 163 Å². The molecule has 0 aliphatic heterocycles. The van der Waals surface area contributed by atoms with Crippen molar-refractivity contribution in [3.63, 3.8) is 0 Å². The molecule has 2 aromatic heterocycles. The Morgan fingerprint density at radius 1 is 1.23 bits per heavy atom. The highest BCUT2D eigenvalue weighted by Crippen LogP contribution is 2.36. The summed E-state index contributed by atoms with van der Waals surface area (Å²) in [6.45, 7) is 6.44. The molecule has 0 atom stereocenters. The third kappa shape index (κ3) is 3.52. The number of aryl methyl sites for hydroxylation is 2. The lowest BCUT2D eigenvalue weighted by Gasteiger charge is -2.24. The number of fused-ring (bicyclic) bond motifs is 1. The summed E-state index contributed by atoms with van der Waals surface area (Å²) in [4.78, 5) is 7.03. The fraction of sp³-hybridized carbons (Fsp3) is 0.368. The van der Waals surface area contributed by atoms with E-state index in [1.54, 1.807) is 13.2 Å². The van der Waals surface area contributed by atoms with Crippen molar-refractivity contribution >= 4 is 39.9 Å². The highest BCUT2D eigenvalue weighted by Gasteiger charge is 2.20. The lowest BCUT2D eigenvalue weighted by Crippen LogP contribution is -2.27. The van der Waals surface area contributed by atoms with Crippen molar-refractivity contribution in [2.45, 2.75) is 13.8 Å². The van der Waals surface area contributed by atoms with Crippen molar-refractivity contribution in [1.82, 2.24) is 14.8 Å². The van der Waals surface area contributed by atoms with Crippen LogP contribution >= 0.6 is 23.2 Å². The minimum atomic E-state index is 0.564. The third-order valence-corrected chi connectivity index (χ3v) is 4.92. The van der Waals surface area contributed by atoms with Gasteiger partial charge >= 0.3 is 0 Å². The van der Waals surface area contributed by atoms with Gasteiger partial charge in [0, 0.05) is 43.5 Å². The predicted octanol–water partition coefficient (Wildman–Crippen LogP) is 4.72. The van der Waals surface area contributed by atoms with E-state index in [9.17, 15) is 0 Å². The highest BCUT2D eigenvalue weighted by atomic mass is 35.5. The molecule has 3 aromatic rings. The van der Waals surface area contributed by atoms with E-state index in [0.29, 0.717) is 16.7 Å². The van der Waals surface area contributed by atoms with E-state index in [2.05, 4.69) is 17.9 Å². The molecule has 0 radical (unpaired) electrons. The number of nitrogens with zero attached hydrogens (tertiary/aromatic N) is 4. The third-order valence-electron chi connectivity index (χ3n) is 4.37. The van der Waals surface area contributed by atoms with Gasteiger partial charge in [-0.2, -0.15) is 5.10 Å². The molecule has 5 nitrogen and oxygen atoms in total. The summed E-state index contributed by atoms with van der Waals surface area (Å²) in [7, 11) is 3.65. The van der Waals surface area contributed by atoms with Gasteiger partial charge in [0.15, 0.2) is 0 Å². The van der Waals surface area contributed by atoms with Crippen LogP contribution in [0.15, 0.2) is 24.3 Å². The summed E-state index contributed by atoms with van der Waals surface area (Å²) >= 11 is 12.5. The fourth-order valence-corrected chi connectivity index (χ4v) is 3.63. The van der Waals surface area contributed by atoms with E-state index >= 15 is 0 Å². The van der Waals surface area contributed by atoms with Crippen molar-refractivity contribution in [2.24, 2.45) is 7.05 Å². The van der Waals surface area contributed by atoms with Crippen LogP contribution in [0.4, 0.5) is 5.69 Å². The maximum Gasteiger partial charge on any atom is 0.120 e. The Morgan fingerprint density at radius 2 is 2.00 bits per heavy atom. The summed E-state index contributed by atoms with van der Waals surface area (Å²) in [5.74, 6) is 0. The Kier molecular flexibility index (Phi) is 5.70. The molecule has 2 heterocycles. The van der Waals surface area contributed by atoms with Crippen molar-refractivity contribution in [2.75, 3.05) is 31.7 Å². The monoisotopic (exact) mass is 392 g/mol. The summed E-state index contributed by atoms with van der Waals surface area (Å²) in [5, 5.41) is 5.88. The first-order valence-electron chi connectivity index (χ1n) is 8.50. The first-order valence-corrected chi connectivity index (χ1v) is 9.25. The smallest absolute Gasteiger partial charge is 0.120 e. The SMILES string of the molecule is CCN(CCOC)c1cc(C)nc2c(-c3ccc(Cl)cc3Cl)nn(C)c12. The Bertz CT molecular complexity index is 939. The van der Waals surface area contributed by atoms with Gasteiger partial charge in [-0.3, -0.25) is 4.68 Å². The number of pyridine rings is 1. The Hall–Kier alpha value is -1.82. The van der Waals surface area contributed by atoms with Crippen LogP contribution in [0, 0.1) is 6.92 Å². The predicted molar refractivity (Wildman–Crippen MR) is 108 cm³/mol. The molecule has 0 unspecified atom stereocenters. The fourth-order valence-electron chi connectivity index (χ4n) is 3.14. The zero-order valence-corrected chi connectivity index (χ0v) is 16.9. The number of likely N-dealkylation sites (N-methyl/N-ethyl adjacent to an activating group) is 1. The van der Waals surface area contributed by atoms with E-state index in [1.807, 2.05) is 30.8 Å². The van der Waals surface area contributed by atoms with Crippen molar-refractivity contribution in [1.29, 1.82) is 0 Å². The zero-order valence-electron chi connectivity index (χ0n) is 15.4. The molecule has 0 aliphatic rings. The van der Waals surface area contributed by atoms with Crippen molar-refractivity contribution < 1.29 is 4.74 Å². The van der Waals surface area contributed by atoms with Gasteiger partial charge in [0.2, 0.25) is 0 Å². The zero-order chi connectivity index (χ0) is 18.8. The number of anilines is 1. The van der Waals surface area contributed by atoms with E-state index in [1.165, 1.54) is 0 Å². The summed E-state index contributed by atoms with van der Waals surface area (Å²) in [6.07, 6.45) is 0. The van der Waals surface area contributed by atoms with Crippen LogP contribution in [0.1, 0.15) is 12.6 Å². The van der Waals surface area contributed by atoms with Crippen LogP contribution in [0.3, 0.4) is 0 Å². The second-order valence-corrected chi connectivity index (χ2v) is 6.99. The van der Waals surface area contributed by atoms with Crippen LogP contribution < -0.4 is 4.90 Å². The maximum absolute atomic E-state index is 6.42. The number of ether oxygens (including phenoxy) is 1. The van der Waals surface area contributed by atoms with Gasteiger partial charge in [0.1, 0.15) is 16.7 Å². The first kappa shape index (κ1) is 19.0. The molecule has 7 heteroatoms. The highest BCUT2D eigenvalue weighted by molar-refractivity contribution is 6.36. The van der Waals surface area contributed by atoms with E-state index < -0.39 is 0 Å². The standard InChI is InChI=1S/C19H22Cl2N4O/c1-5-25(8-9-26-4)16-10-12(2)22-18-17(23-24(3)19(16)18)14-7-6-13(20)11-15(14)21/h6-7,10-11H,5,8-9H2,1-4H3. The van der Waals surface area contributed by atoms with Gasteiger partial charge in [-0.15, -0.1) is 0 Å². The lowest BCUT2D eigenvalue weighted by atomic mass is 10.1. The first-order chi connectivity index (χ1) is 12.5. The minimum Gasteiger partial charge on any atom is -0.383 e. The summed E-state index contributed by atoms with van der Waals surface area (Å²) in [6, 6.07) is 7.53. The molecule has 0 bridgehead atoms. The summed E-state index contributed by atoms with van der Waals surface area (Å²) in [5.41, 5.74) is 5.43. The second-order valence-electron chi connectivity index (χ2n) is 6.15. The largest absolute Gasteiger partial charge is 0.383 e. The van der Waals surface area contributed by atoms with Crippen LogP contribution in [-0.4, -0.2) is 41.6 Å². The van der Waals surface area contributed by atoms with Gasteiger partial charge in [-0.1, -0.05) is 23.2 Å². The number of halogens is 2. The number of rotatable bonds is 6. The van der Waals surface area contributed by atoms with Crippen LogP contribution in [0.25, 0.3) is 22.3 Å². The van der Waals surface area contributed by atoms with Gasteiger partial charge < -0.3 is 9.64 Å². The number of benzene rings is 1. The number of hydrogen-bond acceptors (Lipinski definition) is 4. The molecule has 138 valence electrons. The molecule has 0 spiro atoms. The van der Waals surface area contributed by atoms with Crippen molar-refractivity contribution in [3.05, 3.63) is 40.0 Å². The second kappa shape index (κ2) is 7.82. The molecule has 3 rings (SSSR count). The number of methoxy groups -OCH3 is 1. The maximum atomic E-state index is 6.42. The molecular weight excluding hydrogens is 371 g/mol. The summed E-state index contributed by atoms with van der Waals surface area (Å²) < 4.78 is 7.13. The van der Waals surface area contributed by atoms with Crippen LogP contribution in [-0.2, 0) is 11.8 Å². The van der Waals surface area contributed by atoms with Gasteiger partial charge in [-0.25, -0.2) is 4.98 Å². The number of aromatic nitrogens is 3. The molecule has 0 amide bonds.